The second-order valence-electron chi connectivity index (χ2n) is 6.18. The van der Waals surface area contributed by atoms with E-state index in [1.807, 2.05) is 6.20 Å². The van der Waals surface area contributed by atoms with Crippen LogP contribution in [0.1, 0.15) is 39.5 Å². The summed E-state index contributed by atoms with van der Waals surface area (Å²) < 4.78 is 1.66. The Bertz CT molecular complexity index is 428. The van der Waals surface area contributed by atoms with Gasteiger partial charge in [0.2, 0.25) is 5.91 Å². The third kappa shape index (κ3) is 3.98. The van der Waals surface area contributed by atoms with Crippen LogP contribution in [-0.4, -0.2) is 28.8 Å². The first kappa shape index (κ1) is 13.9. The third-order valence-electron chi connectivity index (χ3n) is 3.93. The van der Waals surface area contributed by atoms with Crippen LogP contribution in [0.5, 0.6) is 0 Å². The molecule has 0 bridgehead atoms. The van der Waals surface area contributed by atoms with Gasteiger partial charge in [0.1, 0.15) is 6.54 Å². The zero-order valence-electron chi connectivity index (χ0n) is 12.1. The number of carbonyl (C=O) groups excluding carboxylic acids is 1. The van der Waals surface area contributed by atoms with Crippen LogP contribution in [0, 0.1) is 5.41 Å². The second kappa shape index (κ2) is 5.63. The van der Waals surface area contributed by atoms with Crippen molar-refractivity contribution in [1.82, 2.24) is 15.1 Å². The minimum Gasteiger partial charge on any atom is -0.380 e. The van der Waals surface area contributed by atoms with Crippen molar-refractivity contribution in [2.75, 3.05) is 12.4 Å². The molecule has 1 aliphatic rings. The average molecular weight is 264 g/mol. The summed E-state index contributed by atoms with van der Waals surface area (Å²) in [5.41, 5.74) is 1.50. The van der Waals surface area contributed by atoms with Crippen LogP contribution < -0.4 is 10.6 Å². The lowest BCUT2D eigenvalue weighted by Gasteiger charge is -2.34. The van der Waals surface area contributed by atoms with E-state index in [4.69, 9.17) is 0 Å². The number of carbonyl (C=O) groups is 1. The number of hydrogen-bond acceptors (Lipinski definition) is 3. The van der Waals surface area contributed by atoms with Gasteiger partial charge in [-0.1, -0.05) is 13.8 Å². The Morgan fingerprint density at radius 1 is 1.47 bits per heavy atom. The largest absolute Gasteiger partial charge is 0.380 e. The van der Waals surface area contributed by atoms with Gasteiger partial charge in [-0.15, -0.1) is 0 Å². The summed E-state index contributed by atoms with van der Waals surface area (Å²) in [6.07, 6.45) is 8.62. The van der Waals surface area contributed by atoms with Gasteiger partial charge < -0.3 is 10.6 Å². The van der Waals surface area contributed by atoms with E-state index < -0.39 is 0 Å². The van der Waals surface area contributed by atoms with Crippen LogP contribution >= 0.6 is 0 Å². The molecular formula is C14H24N4O. The Morgan fingerprint density at radius 3 is 2.79 bits per heavy atom. The summed E-state index contributed by atoms with van der Waals surface area (Å²) in [5, 5.41) is 10.3. The number of nitrogens with zero attached hydrogens (tertiary/aromatic N) is 2. The molecule has 0 saturated heterocycles. The molecule has 0 radical (unpaired) electrons. The zero-order chi connectivity index (χ0) is 13.9. The van der Waals surface area contributed by atoms with E-state index in [1.165, 1.54) is 25.7 Å². The van der Waals surface area contributed by atoms with E-state index >= 15 is 0 Å². The molecule has 0 aromatic carbocycles. The molecule has 0 unspecified atom stereocenters. The molecule has 1 heterocycles. The molecule has 0 aliphatic heterocycles. The number of likely N-dealkylation sites (N-methyl/N-ethyl adjacent to an activating group) is 1. The van der Waals surface area contributed by atoms with Gasteiger partial charge in [-0.25, -0.2) is 0 Å². The summed E-state index contributed by atoms with van der Waals surface area (Å²) in [6, 6.07) is 0.533. The Balaban J connectivity index is 1.85. The van der Waals surface area contributed by atoms with Crippen LogP contribution in [-0.2, 0) is 11.3 Å². The Morgan fingerprint density at radius 2 is 2.16 bits per heavy atom. The van der Waals surface area contributed by atoms with Gasteiger partial charge >= 0.3 is 0 Å². The monoisotopic (exact) mass is 264 g/mol. The molecule has 1 amide bonds. The first-order valence-electron chi connectivity index (χ1n) is 6.98. The van der Waals surface area contributed by atoms with Crippen LogP contribution in [0.3, 0.4) is 0 Å². The van der Waals surface area contributed by atoms with Gasteiger partial charge in [0.25, 0.3) is 0 Å². The summed E-state index contributed by atoms with van der Waals surface area (Å²) in [6.45, 7) is 4.95. The van der Waals surface area contributed by atoms with Gasteiger partial charge in [-0.05, 0) is 31.1 Å². The van der Waals surface area contributed by atoms with Gasteiger partial charge in [0.15, 0.2) is 0 Å². The van der Waals surface area contributed by atoms with Crippen molar-refractivity contribution in [2.24, 2.45) is 5.41 Å². The van der Waals surface area contributed by atoms with E-state index in [9.17, 15) is 4.79 Å². The lowest BCUT2D eigenvalue weighted by atomic mass is 9.75. The molecule has 5 nitrogen and oxygen atoms in total. The summed E-state index contributed by atoms with van der Waals surface area (Å²) in [7, 11) is 1.63. The standard InChI is InChI=1S/C14H24N4O/c1-14(2)6-4-11(5-7-14)17-12-8-16-18(9-12)10-13(19)15-3/h8-9,11,17H,4-7,10H2,1-3H3,(H,15,19). The van der Waals surface area contributed by atoms with E-state index in [-0.39, 0.29) is 12.5 Å². The van der Waals surface area contributed by atoms with Gasteiger partial charge in [-0.2, -0.15) is 5.10 Å². The molecule has 106 valence electrons. The molecule has 2 N–H and O–H groups in total. The topological polar surface area (TPSA) is 59.0 Å². The zero-order valence-corrected chi connectivity index (χ0v) is 12.1. The van der Waals surface area contributed by atoms with Crippen LogP contribution in [0.25, 0.3) is 0 Å². The maximum atomic E-state index is 11.3. The lowest BCUT2D eigenvalue weighted by Crippen LogP contribution is -2.29. The maximum absolute atomic E-state index is 11.3. The fraction of sp³-hybridized carbons (Fsp3) is 0.714. The van der Waals surface area contributed by atoms with Gasteiger partial charge in [-0.3, -0.25) is 9.48 Å². The van der Waals surface area contributed by atoms with E-state index in [2.05, 4.69) is 29.6 Å². The Kier molecular flexibility index (Phi) is 4.12. The van der Waals surface area contributed by atoms with Gasteiger partial charge in [0, 0.05) is 19.3 Å². The molecule has 1 aromatic rings. The Hall–Kier alpha value is -1.52. The summed E-state index contributed by atoms with van der Waals surface area (Å²) in [5.74, 6) is -0.0333. The highest BCUT2D eigenvalue weighted by atomic mass is 16.1. The second-order valence-corrected chi connectivity index (χ2v) is 6.18. The number of hydrogen-bond donors (Lipinski definition) is 2. The van der Waals surface area contributed by atoms with Crippen molar-refractivity contribution in [1.29, 1.82) is 0 Å². The highest BCUT2D eigenvalue weighted by Crippen LogP contribution is 2.35. The molecule has 1 aliphatic carbocycles. The van der Waals surface area contributed by atoms with E-state index in [0.29, 0.717) is 11.5 Å². The third-order valence-corrected chi connectivity index (χ3v) is 3.93. The molecule has 0 atom stereocenters. The molecule has 1 aromatic heterocycles. The molecule has 1 saturated carbocycles. The Labute approximate surface area is 114 Å². The normalized spacial score (nSPS) is 19.1. The first-order chi connectivity index (χ1) is 8.98. The van der Waals surface area contributed by atoms with Crippen LogP contribution in [0.4, 0.5) is 5.69 Å². The number of anilines is 1. The molecule has 2 rings (SSSR count). The van der Waals surface area contributed by atoms with Crippen molar-refractivity contribution in [3.8, 4) is 0 Å². The van der Waals surface area contributed by atoms with Crippen molar-refractivity contribution in [3.63, 3.8) is 0 Å². The van der Waals surface area contributed by atoms with Gasteiger partial charge in [0.05, 0.1) is 11.9 Å². The van der Waals surface area contributed by atoms with Crippen molar-refractivity contribution in [2.45, 2.75) is 52.1 Å². The smallest absolute Gasteiger partial charge is 0.241 e. The number of rotatable bonds is 4. The molecule has 19 heavy (non-hydrogen) atoms. The maximum Gasteiger partial charge on any atom is 0.241 e. The predicted molar refractivity (Wildman–Crippen MR) is 76.0 cm³/mol. The summed E-state index contributed by atoms with van der Waals surface area (Å²) >= 11 is 0. The summed E-state index contributed by atoms with van der Waals surface area (Å²) in [4.78, 5) is 11.3. The number of nitrogens with one attached hydrogen (secondary N) is 2. The van der Waals surface area contributed by atoms with Crippen LogP contribution in [0.2, 0.25) is 0 Å². The molecule has 0 spiro atoms. The van der Waals surface area contributed by atoms with Crippen molar-refractivity contribution < 1.29 is 4.79 Å². The quantitative estimate of drug-likeness (QED) is 0.874. The fourth-order valence-corrected chi connectivity index (χ4v) is 2.53. The fourth-order valence-electron chi connectivity index (χ4n) is 2.53. The van der Waals surface area contributed by atoms with Crippen molar-refractivity contribution in [3.05, 3.63) is 12.4 Å². The molecule has 5 heteroatoms. The first-order valence-corrected chi connectivity index (χ1v) is 6.98. The number of aromatic nitrogens is 2. The predicted octanol–water partition coefficient (Wildman–Crippen LogP) is 2.01. The van der Waals surface area contributed by atoms with Crippen LogP contribution in [0.15, 0.2) is 12.4 Å². The average Bonchev–Trinajstić information content (AvgIpc) is 2.79. The minimum atomic E-state index is -0.0333. The van der Waals surface area contributed by atoms with E-state index in [0.717, 1.165) is 5.69 Å². The highest BCUT2D eigenvalue weighted by molar-refractivity contribution is 5.75. The highest BCUT2D eigenvalue weighted by Gasteiger charge is 2.26. The molecular weight excluding hydrogens is 240 g/mol. The van der Waals surface area contributed by atoms with E-state index in [1.54, 1.807) is 17.9 Å². The minimum absolute atomic E-state index is 0.0333. The SMILES string of the molecule is CNC(=O)Cn1cc(NC2CCC(C)(C)CC2)cn1. The number of amides is 1. The van der Waals surface area contributed by atoms with Crippen molar-refractivity contribution >= 4 is 11.6 Å². The molecule has 1 fully saturated rings. The lowest BCUT2D eigenvalue weighted by molar-refractivity contribution is -0.121.